The zero-order valence-electron chi connectivity index (χ0n) is 21.9. The SMILES string of the molecule is Clc1ccc2[nH]cc(C3=CCNCC3)c2c1.Clc1ccc2[nH]cc(C3=CCNCC3)c2c1.O=C(O)CCC(=O)O. The minimum atomic E-state index is -1.08. The molecule has 0 radical (unpaired) electrons. The Kier molecular flexibility index (Phi) is 10.4. The summed E-state index contributed by atoms with van der Waals surface area (Å²) in [7, 11) is 0. The van der Waals surface area contributed by atoms with Gasteiger partial charge in [-0.05, 0) is 73.5 Å². The number of carboxylic acids is 2. The van der Waals surface area contributed by atoms with Crippen molar-refractivity contribution >= 4 is 68.1 Å². The van der Waals surface area contributed by atoms with Gasteiger partial charge >= 0.3 is 11.9 Å². The van der Waals surface area contributed by atoms with Crippen molar-refractivity contribution in [2.24, 2.45) is 0 Å². The highest BCUT2D eigenvalue weighted by Gasteiger charge is 2.12. The Hall–Kier alpha value is -3.56. The number of hydrogen-bond acceptors (Lipinski definition) is 4. The number of fused-ring (bicyclic) bond motifs is 2. The molecule has 0 amide bonds. The molecule has 210 valence electrons. The van der Waals surface area contributed by atoms with Gasteiger partial charge in [0, 0.05) is 68.5 Å². The van der Waals surface area contributed by atoms with Crippen LogP contribution in [0.4, 0.5) is 0 Å². The zero-order valence-corrected chi connectivity index (χ0v) is 23.4. The smallest absolute Gasteiger partial charge is 0.303 e. The third kappa shape index (κ3) is 7.99. The molecule has 0 atom stereocenters. The predicted molar refractivity (Wildman–Crippen MR) is 162 cm³/mol. The second-order valence-electron chi connectivity index (χ2n) is 9.44. The van der Waals surface area contributed by atoms with Crippen LogP contribution in [0.25, 0.3) is 33.0 Å². The molecule has 2 aliphatic rings. The van der Waals surface area contributed by atoms with Crippen molar-refractivity contribution in [3.63, 3.8) is 0 Å². The van der Waals surface area contributed by atoms with Crippen LogP contribution >= 0.6 is 23.2 Å². The van der Waals surface area contributed by atoms with Crippen LogP contribution < -0.4 is 10.6 Å². The van der Waals surface area contributed by atoms with Crippen LogP contribution in [0.15, 0.2) is 60.9 Å². The highest BCUT2D eigenvalue weighted by atomic mass is 35.5. The Morgan fingerprint density at radius 3 is 1.48 bits per heavy atom. The lowest BCUT2D eigenvalue weighted by atomic mass is 10.00. The molecule has 10 heteroatoms. The maximum Gasteiger partial charge on any atom is 0.303 e. The molecule has 0 spiro atoms. The third-order valence-corrected chi connectivity index (χ3v) is 7.13. The fourth-order valence-corrected chi connectivity index (χ4v) is 5.01. The van der Waals surface area contributed by atoms with Crippen molar-refractivity contribution in [3.8, 4) is 0 Å². The van der Waals surface area contributed by atoms with E-state index in [2.05, 4.69) is 45.1 Å². The first-order chi connectivity index (χ1) is 19.3. The lowest BCUT2D eigenvalue weighted by Gasteiger charge is -2.13. The van der Waals surface area contributed by atoms with Crippen LogP contribution in [0.5, 0.6) is 0 Å². The fourth-order valence-electron chi connectivity index (χ4n) is 4.67. The largest absolute Gasteiger partial charge is 0.481 e. The van der Waals surface area contributed by atoms with Crippen molar-refractivity contribution in [1.29, 1.82) is 0 Å². The van der Waals surface area contributed by atoms with E-state index < -0.39 is 11.9 Å². The number of H-pyrrole nitrogens is 2. The monoisotopic (exact) mass is 582 g/mol. The first kappa shape index (κ1) is 29.4. The summed E-state index contributed by atoms with van der Waals surface area (Å²) in [5.74, 6) is -2.15. The first-order valence-corrected chi connectivity index (χ1v) is 13.8. The Bertz CT molecular complexity index is 1440. The lowest BCUT2D eigenvalue weighted by molar-refractivity contribution is -0.143. The lowest BCUT2D eigenvalue weighted by Crippen LogP contribution is -2.19. The van der Waals surface area contributed by atoms with Gasteiger partial charge in [-0.25, -0.2) is 0 Å². The molecule has 8 nitrogen and oxygen atoms in total. The second-order valence-corrected chi connectivity index (χ2v) is 10.3. The van der Waals surface area contributed by atoms with Crippen molar-refractivity contribution in [2.45, 2.75) is 25.7 Å². The minimum Gasteiger partial charge on any atom is -0.481 e. The number of aliphatic carboxylic acids is 2. The van der Waals surface area contributed by atoms with Gasteiger partial charge in [-0.2, -0.15) is 0 Å². The van der Waals surface area contributed by atoms with Gasteiger partial charge in [-0.15, -0.1) is 0 Å². The molecule has 2 aromatic heterocycles. The average Bonchev–Trinajstić information content (AvgIpc) is 3.57. The van der Waals surface area contributed by atoms with E-state index >= 15 is 0 Å². The number of carbonyl (C=O) groups is 2. The maximum absolute atomic E-state index is 9.64. The van der Waals surface area contributed by atoms with E-state index in [1.807, 2.05) is 36.4 Å². The van der Waals surface area contributed by atoms with Crippen LogP contribution in [0.2, 0.25) is 10.0 Å². The topological polar surface area (TPSA) is 130 Å². The normalized spacial score (nSPS) is 14.8. The molecule has 6 N–H and O–H groups in total. The molecule has 4 aromatic rings. The fraction of sp³-hybridized carbons (Fsp3) is 0.267. The van der Waals surface area contributed by atoms with Crippen molar-refractivity contribution < 1.29 is 19.8 Å². The van der Waals surface area contributed by atoms with E-state index in [4.69, 9.17) is 33.4 Å². The molecule has 2 aromatic carbocycles. The maximum atomic E-state index is 9.64. The number of nitrogens with one attached hydrogen (secondary N) is 4. The van der Waals surface area contributed by atoms with Crippen LogP contribution in [0.3, 0.4) is 0 Å². The quantitative estimate of drug-likeness (QED) is 0.163. The number of benzene rings is 2. The summed E-state index contributed by atoms with van der Waals surface area (Å²) in [5.41, 5.74) is 7.70. The Morgan fingerprint density at radius 2 is 1.12 bits per heavy atom. The molecule has 4 heterocycles. The van der Waals surface area contributed by atoms with Gasteiger partial charge < -0.3 is 30.8 Å². The highest BCUT2D eigenvalue weighted by Crippen LogP contribution is 2.30. The number of hydrogen-bond donors (Lipinski definition) is 6. The van der Waals surface area contributed by atoms with E-state index in [0.717, 1.165) is 60.1 Å². The van der Waals surface area contributed by atoms with Gasteiger partial charge in [0.15, 0.2) is 0 Å². The summed E-state index contributed by atoms with van der Waals surface area (Å²) >= 11 is 12.1. The van der Waals surface area contributed by atoms with Gasteiger partial charge in [-0.1, -0.05) is 35.4 Å². The first-order valence-electron chi connectivity index (χ1n) is 13.1. The molecule has 0 bridgehead atoms. The molecular formula is C30H32Cl2N4O4. The molecule has 0 saturated heterocycles. The Morgan fingerprint density at radius 1 is 0.700 bits per heavy atom. The Balaban J connectivity index is 0.000000148. The third-order valence-electron chi connectivity index (χ3n) is 6.66. The van der Waals surface area contributed by atoms with Crippen LogP contribution in [0, 0.1) is 0 Å². The predicted octanol–water partition coefficient (Wildman–Crippen LogP) is 6.33. The number of carboxylic acid groups (broad SMARTS) is 2. The minimum absolute atomic E-state index is 0.296. The summed E-state index contributed by atoms with van der Waals surface area (Å²) < 4.78 is 0. The number of aromatic nitrogens is 2. The van der Waals surface area contributed by atoms with E-state index in [0.29, 0.717) is 0 Å². The van der Waals surface area contributed by atoms with Crippen LogP contribution in [0.1, 0.15) is 36.8 Å². The van der Waals surface area contributed by atoms with Crippen molar-refractivity contribution in [2.75, 3.05) is 26.2 Å². The Labute approximate surface area is 242 Å². The molecule has 0 fully saturated rings. The zero-order chi connectivity index (χ0) is 28.5. The number of rotatable bonds is 5. The molecule has 40 heavy (non-hydrogen) atoms. The van der Waals surface area contributed by atoms with Crippen molar-refractivity contribution in [3.05, 3.63) is 82.1 Å². The van der Waals surface area contributed by atoms with Gasteiger partial charge in [-0.3, -0.25) is 9.59 Å². The molecular weight excluding hydrogens is 551 g/mol. The summed E-state index contributed by atoms with van der Waals surface area (Å²) in [4.78, 5) is 25.9. The van der Waals surface area contributed by atoms with E-state index in [-0.39, 0.29) is 12.8 Å². The highest BCUT2D eigenvalue weighted by molar-refractivity contribution is 6.31. The summed E-state index contributed by atoms with van der Waals surface area (Å²) in [6.07, 6.45) is 10.2. The van der Waals surface area contributed by atoms with Crippen LogP contribution in [-0.2, 0) is 9.59 Å². The van der Waals surface area contributed by atoms with E-state index in [1.54, 1.807) is 0 Å². The number of halogens is 2. The van der Waals surface area contributed by atoms with Gasteiger partial charge in [0.05, 0.1) is 12.8 Å². The molecule has 6 rings (SSSR count). The molecule has 0 aliphatic carbocycles. The number of aromatic amines is 2. The van der Waals surface area contributed by atoms with Gasteiger partial charge in [0.25, 0.3) is 0 Å². The second kappa shape index (κ2) is 14.2. The summed E-state index contributed by atoms with van der Waals surface area (Å²) in [6.45, 7) is 4.03. The van der Waals surface area contributed by atoms with Crippen molar-refractivity contribution in [1.82, 2.24) is 20.6 Å². The van der Waals surface area contributed by atoms with Gasteiger partial charge in [0.2, 0.25) is 0 Å². The molecule has 2 aliphatic heterocycles. The van der Waals surface area contributed by atoms with E-state index in [1.165, 1.54) is 33.0 Å². The summed E-state index contributed by atoms with van der Waals surface area (Å²) in [6, 6.07) is 12.0. The standard InChI is InChI=1S/2C13H13ClN2.C4H6O4/c2*14-10-1-2-13-11(7-10)12(8-16-13)9-3-5-15-6-4-9;5-3(6)1-2-4(7)8/h2*1-3,7-8,15-16H,4-6H2;1-2H2,(H,5,6)(H,7,8). The van der Waals surface area contributed by atoms with Gasteiger partial charge in [0.1, 0.15) is 0 Å². The summed E-state index contributed by atoms with van der Waals surface area (Å²) in [5, 5.41) is 26.5. The van der Waals surface area contributed by atoms with Crippen LogP contribution in [-0.4, -0.2) is 58.3 Å². The molecule has 0 saturated carbocycles. The van der Waals surface area contributed by atoms with E-state index in [9.17, 15) is 9.59 Å². The average molecular weight is 584 g/mol. The molecule has 0 unspecified atom stereocenters.